The van der Waals surface area contributed by atoms with Gasteiger partial charge in [-0.3, -0.25) is 4.98 Å². The smallest absolute Gasteiger partial charge is 0.155 e. The molecule has 30 heavy (non-hydrogen) atoms. The number of aromatic amines is 1. The summed E-state index contributed by atoms with van der Waals surface area (Å²) in [6.45, 7) is 2.02. The molecule has 0 spiro atoms. The zero-order valence-electron chi connectivity index (χ0n) is 17.5. The third-order valence-corrected chi connectivity index (χ3v) is 6.21. The molecule has 0 saturated heterocycles. The highest BCUT2D eigenvalue weighted by molar-refractivity contribution is 5.77. The molecule has 0 aromatic carbocycles. The van der Waals surface area contributed by atoms with Crippen LogP contribution >= 0.6 is 0 Å². The number of pyridine rings is 2. The molecule has 5 rings (SSSR count). The Kier molecular flexibility index (Phi) is 5.30. The average molecular weight is 401 g/mol. The van der Waals surface area contributed by atoms with E-state index in [0.29, 0.717) is 0 Å². The minimum atomic E-state index is 0.827. The molecule has 1 aliphatic carbocycles. The Labute approximate surface area is 176 Å². The molecule has 1 fully saturated rings. The number of rotatable bonds is 5. The van der Waals surface area contributed by atoms with Crippen LogP contribution in [0.3, 0.4) is 0 Å². The Bertz CT molecular complexity index is 1130. The first kappa shape index (κ1) is 19.0. The van der Waals surface area contributed by atoms with Crippen molar-refractivity contribution in [2.45, 2.75) is 58.3 Å². The first-order valence-electron chi connectivity index (χ1n) is 11.1. The van der Waals surface area contributed by atoms with E-state index >= 15 is 0 Å². The molecule has 1 N–H and O–H groups in total. The number of hydrogen-bond acceptors (Lipinski definition) is 4. The molecule has 4 heterocycles. The Hall–Kier alpha value is -3.02. The fraction of sp³-hybridized carbons (Fsp3) is 0.417. The molecule has 154 valence electrons. The number of H-pyrrole nitrogens is 1. The van der Waals surface area contributed by atoms with Crippen molar-refractivity contribution in [1.82, 2.24) is 29.5 Å². The van der Waals surface area contributed by atoms with Gasteiger partial charge in [0.2, 0.25) is 0 Å². The van der Waals surface area contributed by atoms with Crippen molar-refractivity contribution in [3.8, 4) is 22.6 Å². The minimum absolute atomic E-state index is 0.827. The van der Waals surface area contributed by atoms with Crippen molar-refractivity contribution < 1.29 is 0 Å². The van der Waals surface area contributed by atoms with Gasteiger partial charge in [0.25, 0.3) is 0 Å². The Balaban J connectivity index is 1.49. The second-order valence-electron chi connectivity index (χ2n) is 8.45. The normalized spacial score (nSPS) is 15.5. The van der Waals surface area contributed by atoms with E-state index in [-0.39, 0.29) is 0 Å². The molecular weight excluding hydrogens is 372 g/mol. The van der Waals surface area contributed by atoms with Crippen molar-refractivity contribution in [3.63, 3.8) is 0 Å². The summed E-state index contributed by atoms with van der Waals surface area (Å²) < 4.78 is 1.79. The quantitative estimate of drug-likeness (QED) is 0.456. The Morgan fingerprint density at radius 1 is 1.03 bits per heavy atom. The van der Waals surface area contributed by atoms with Gasteiger partial charge in [-0.15, -0.1) is 0 Å². The Morgan fingerprint density at radius 3 is 2.73 bits per heavy atom. The van der Waals surface area contributed by atoms with Gasteiger partial charge >= 0.3 is 0 Å². The lowest BCUT2D eigenvalue weighted by Crippen LogP contribution is -2.02. The molecule has 6 heteroatoms. The predicted molar refractivity (Wildman–Crippen MR) is 118 cm³/mol. The number of aryl methyl sites for hydroxylation is 2. The highest BCUT2D eigenvalue weighted by Gasteiger charge is 2.18. The third-order valence-electron chi connectivity index (χ3n) is 6.21. The highest BCUT2D eigenvalue weighted by atomic mass is 15.3. The highest BCUT2D eigenvalue weighted by Crippen LogP contribution is 2.31. The van der Waals surface area contributed by atoms with Crippen LogP contribution in [0, 0.1) is 12.8 Å². The summed E-state index contributed by atoms with van der Waals surface area (Å²) >= 11 is 0. The minimum Gasteiger partial charge on any atom is -0.340 e. The van der Waals surface area contributed by atoms with Gasteiger partial charge in [0.1, 0.15) is 12.2 Å². The van der Waals surface area contributed by atoms with E-state index in [9.17, 15) is 0 Å². The zero-order valence-corrected chi connectivity index (χ0v) is 17.5. The van der Waals surface area contributed by atoms with Gasteiger partial charge < -0.3 is 4.98 Å². The van der Waals surface area contributed by atoms with Gasteiger partial charge in [-0.2, -0.15) is 5.10 Å². The summed E-state index contributed by atoms with van der Waals surface area (Å²) in [5.74, 6) is 1.87. The third kappa shape index (κ3) is 3.99. The van der Waals surface area contributed by atoms with E-state index in [1.807, 2.05) is 37.4 Å². The largest absolute Gasteiger partial charge is 0.340 e. The van der Waals surface area contributed by atoms with Gasteiger partial charge in [0, 0.05) is 23.9 Å². The van der Waals surface area contributed by atoms with Crippen molar-refractivity contribution in [3.05, 3.63) is 54.4 Å². The van der Waals surface area contributed by atoms with E-state index in [2.05, 4.69) is 21.1 Å². The number of nitrogens with one attached hydrogen (secondary N) is 1. The molecule has 4 aromatic rings. The van der Waals surface area contributed by atoms with Crippen LogP contribution in [0.5, 0.6) is 0 Å². The molecule has 0 radical (unpaired) electrons. The maximum atomic E-state index is 5.03. The van der Waals surface area contributed by atoms with Crippen LogP contribution in [0.25, 0.3) is 28.3 Å². The summed E-state index contributed by atoms with van der Waals surface area (Å²) in [4.78, 5) is 17.6. The van der Waals surface area contributed by atoms with Crippen LogP contribution in [0.1, 0.15) is 56.5 Å². The summed E-state index contributed by atoms with van der Waals surface area (Å²) in [5, 5.41) is 4.29. The van der Waals surface area contributed by atoms with Gasteiger partial charge in [-0.05, 0) is 43.5 Å². The molecule has 1 saturated carbocycles. The second-order valence-corrected chi connectivity index (χ2v) is 8.45. The second kappa shape index (κ2) is 8.38. The van der Waals surface area contributed by atoms with Crippen molar-refractivity contribution in [2.24, 2.45) is 5.92 Å². The lowest BCUT2D eigenvalue weighted by molar-refractivity contribution is 0.425. The fourth-order valence-electron chi connectivity index (χ4n) is 4.57. The van der Waals surface area contributed by atoms with Crippen LogP contribution in [0.15, 0.2) is 42.9 Å². The van der Waals surface area contributed by atoms with Crippen LogP contribution in [-0.4, -0.2) is 29.5 Å². The lowest BCUT2D eigenvalue weighted by atomic mass is 9.95. The van der Waals surface area contributed by atoms with E-state index in [1.165, 1.54) is 44.9 Å². The summed E-state index contributed by atoms with van der Waals surface area (Å²) in [7, 11) is 0. The monoisotopic (exact) mass is 400 g/mol. The molecule has 6 nitrogen and oxygen atoms in total. The maximum Gasteiger partial charge on any atom is 0.155 e. The molecular formula is C24H28N6. The maximum absolute atomic E-state index is 5.03. The number of imidazole rings is 1. The van der Waals surface area contributed by atoms with E-state index < -0.39 is 0 Å². The van der Waals surface area contributed by atoms with Crippen molar-refractivity contribution in [1.29, 1.82) is 0 Å². The van der Waals surface area contributed by atoms with E-state index in [0.717, 1.165) is 52.1 Å². The average Bonchev–Trinajstić information content (AvgIpc) is 3.32. The molecule has 1 aliphatic rings. The summed E-state index contributed by atoms with van der Waals surface area (Å²) in [6.07, 6.45) is 14.0. The van der Waals surface area contributed by atoms with Gasteiger partial charge in [0.05, 0.1) is 17.1 Å². The number of aromatic nitrogens is 6. The summed E-state index contributed by atoms with van der Waals surface area (Å²) in [5.41, 5.74) is 5.69. The van der Waals surface area contributed by atoms with Crippen LogP contribution in [0.2, 0.25) is 0 Å². The van der Waals surface area contributed by atoms with Crippen LogP contribution < -0.4 is 0 Å². The molecule has 0 aliphatic heterocycles. The van der Waals surface area contributed by atoms with E-state index in [4.69, 9.17) is 9.97 Å². The van der Waals surface area contributed by atoms with Gasteiger partial charge in [-0.1, -0.05) is 44.6 Å². The topological polar surface area (TPSA) is 71.8 Å². The fourth-order valence-corrected chi connectivity index (χ4v) is 4.57. The van der Waals surface area contributed by atoms with Crippen LogP contribution in [-0.2, 0) is 6.42 Å². The molecule has 4 aromatic heterocycles. The Morgan fingerprint density at radius 2 is 1.90 bits per heavy atom. The molecule has 0 amide bonds. The standard InChI is InChI=1S/C24H28N6/c1-17-7-6-10-20(27-17)24-23(19-12-14-22-25-16-26-30(22)15-19)28-21(29-24)13-11-18-8-4-2-3-5-9-18/h6-7,10,12,14-16,18H,2-5,8-9,11,13H2,1H3,(H,28,29). The molecule has 0 bridgehead atoms. The van der Waals surface area contributed by atoms with Crippen LogP contribution in [0.4, 0.5) is 0 Å². The first-order valence-corrected chi connectivity index (χ1v) is 11.1. The number of nitrogens with zero attached hydrogens (tertiary/aromatic N) is 5. The zero-order chi connectivity index (χ0) is 20.3. The SMILES string of the molecule is Cc1cccc(-c2[nH]c(CCC3CCCCCC3)nc2-c2ccc3ncnn3c2)n1. The van der Waals surface area contributed by atoms with Gasteiger partial charge in [0.15, 0.2) is 5.65 Å². The lowest BCUT2D eigenvalue weighted by Gasteiger charge is -2.12. The number of fused-ring (bicyclic) bond motifs is 1. The molecule has 0 unspecified atom stereocenters. The molecule has 0 atom stereocenters. The number of hydrogen-bond donors (Lipinski definition) is 1. The predicted octanol–water partition coefficient (Wildman–Crippen LogP) is 5.39. The summed E-state index contributed by atoms with van der Waals surface area (Å²) in [6, 6.07) is 10.2. The first-order chi connectivity index (χ1) is 14.8. The van der Waals surface area contributed by atoms with Crippen molar-refractivity contribution >= 4 is 5.65 Å². The van der Waals surface area contributed by atoms with E-state index in [1.54, 1.807) is 10.8 Å². The van der Waals surface area contributed by atoms with Crippen molar-refractivity contribution in [2.75, 3.05) is 0 Å². The van der Waals surface area contributed by atoms with Gasteiger partial charge in [-0.25, -0.2) is 14.5 Å².